The number of ketones is 1. The van der Waals surface area contributed by atoms with Crippen LogP contribution in [0.3, 0.4) is 0 Å². The van der Waals surface area contributed by atoms with Crippen LogP contribution in [0.2, 0.25) is 0 Å². The summed E-state index contributed by atoms with van der Waals surface area (Å²) in [4.78, 5) is 11.7. The smallest absolute Gasteiger partial charge is 0.201 e. The molecule has 1 atom stereocenters. The molecule has 0 saturated carbocycles. The highest BCUT2D eigenvalue weighted by atomic mass is 16.5. The Balaban J connectivity index is 2.20. The lowest BCUT2D eigenvalue weighted by molar-refractivity contribution is -0.115. The van der Waals surface area contributed by atoms with Crippen LogP contribution in [0.25, 0.3) is 0 Å². The first-order valence-corrected chi connectivity index (χ1v) is 5.63. The number of hydrogen-bond acceptors (Lipinski definition) is 3. The monoisotopic (exact) mass is 232 g/mol. The van der Waals surface area contributed by atoms with Gasteiger partial charge in [-0.3, -0.25) is 4.79 Å². The molecule has 0 aromatic heterocycles. The summed E-state index contributed by atoms with van der Waals surface area (Å²) in [5.74, 6) is 1.41. The van der Waals surface area contributed by atoms with E-state index in [4.69, 9.17) is 9.47 Å². The molecule has 0 spiro atoms. The first kappa shape index (κ1) is 11.7. The van der Waals surface area contributed by atoms with Crippen molar-refractivity contribution in [1.29, 1.82) is 0 Å². The number of Topliss-reactive ketones (excluding diaryl/α,β-unsaturated/α-hetero) is 1. The maximum atomic E-state index is 11.7. The number of benzene rings is 1. The van der Waals surface area contributed by atoms with Crippen LogP contribution in [0.5, 0.6) is 5.75 Å². The minimum absolute atomic E-state index is 0.0887. The Bertz CT molecular complexity index is 453. The van der Waals surface area contributed by atoms with Crippen molar-refractivity contribution in [3.63, 3.8) is 0 Å². The molecule has 0 N–H and O–H groups in total. The molecule has 0 aliphatic carbocycles. The van der Waals surface area contributed by atoms with Crippen molar-refractivity contribution in [2.75, 3.05) is 7.11 Å². The number of methoxy groups -OCH3 is 1. The standard InChI is InChI=1S/C14H16O3/c1-9(2)14-12(15)8-13(17-14)10-4-6-11(16-3)7-5-10/h4-7,13H,8H2,1-3H3. The van der Waals surface area contributed by atoms with Gasteiger partial charge in [0, 0.05) is 0 Å². The molecule has 1 saturated heterocycles. The molecule has 1 aromatic rings. The first-order valence-electron chi connectivity index (χ1n) is 5.63. The third-order valence-electron chi connectivity index (χ3n) is 2.83. The number of rotatable bonds is 2. The second kappa shape index (κ2) is 4.62. The molecule has 90 valence electrons. The van der Waals surface area contributed by atoms with Gasteiger partial charge >= 0.3 is 0 Å². The van der Waals surface area contributed by atoms with Crippen LogP contribution in [0.4, 0.5) is 0 Å². The molecule has 3 heteroatoms. The van der Waals surface area contributed by atoms with Crippen LogP contribution in [0, 0.1) is 0 Å². The average Bonchev–Trinajstić information content (AvgIpc) is 2.71. The highest BCUT2D eigenvalue weighted by molar-refractivity contribution is 5.96. The minimum atomic E-state index is -0.154. The molecule has 3 nitrogen and oxygen atoms in total. The van der Waals surface area contributed by atoms with Gasteiger partial charge in [0.05, 0.1) is 13.5 Å². The van der Waals surface area contributed by atoms with Crippen LogP contribution >= 0.6 is 0 Å². The van der Waals surface area contributed by atoms with Gasteiger partial charge in [-0.15, -0.1) is 0 Å². The fourth-order valence-electron chi connectivity index (χ4n) is 1.91. The van der Waals surface area contributed by atoms with Crippen molar-refractivity contribution < 1.29 is 14.3 Å². The summed E-state index contributed by atoms with van der Waals surface area (Å²) in [7, 11) is 1.63. The molecule has 0 radical (unpaired) electrons. The molecular weight excluding hydrogens is 216 g/mol. The van der Waals surface area contributed by atoms with Crippen molar-refractivity contribution in [3.05, 3.63) is 41.2 Å². The Labute approximate surface area is 101 Å². The van der Waals surface area contributed by atoms with Gasteiger partial charge in [0.25, 0.3) is 0 Å². The summed E-state index contributed by atoms with van der Waals surface area (Å²) in [5, 5.41) is 0. The molecule has 0 amide bonds. The van der Waals surface area contributed by atoms with E-state index in [0.717, 1.165) is 16.9 Å². The maximum absolute atomic E-state index is 11.7. The van der Waals surface area contributed by atoms with Crippen LogP contribution in [0.1, 0.15) is 31.9 Å². The second-order valence-electron chi connectivity index (χ2n) is 4.34. The Morgan fingerprint density at radius 1 is 1.29 bits per heavy atom. The normalized spacial score (nSPS) is 19.1. The molecule has 1 unspecified atom stereocenters. The largest absolute Gasteiger partial charge is 0.497 e. The predicted octanol–water partition coefficient (Wildman–Crippen LogP) is 3.02. The molecule has 1 fully saturated rings. The Hall–Kier alpha value is -1.77. The van der Waals surface area contributed by atoms with E-state index in [1.54, 1.807) is 7.11 Å². The van der Waals surface area contributed by atoms with Crippen molar-refractivity contribution >= 4 is 5.78 Å². The van der Waals surface area contributed by atoms with Gasteiger partial charge in [-0.2, -0.15) is 0 Å². The van der Waals surface area contributed by atoms with E-state index in [1.807, 2.05) is 38.1 Å². The van der Waals surface area contributed by atoms with Crippen molar-refractivity contribution in [2.24, 2.45) is 0 Å². The lowest BCUT2D eigenvalue weighted by Gasteiger charge is -2.11. The van der Waals surface area contributed by atoms with Gasteiger partial charge < -0.3 is 9.47 Å². The maximum Gasteiger partial charge on any atom is 0.201 e. The summed E-state index contributed by atoms with van der Waals surface area (Å²) in [5.41, 5.74) is 1.95. The summed E-state index contributed by atoms with van der Waals surface area (Å²) < 4.78 is 10.8. The quantitative estimate of drug-likeness (QED) is 0.735. The summed E-state index contributed by atoms with van der Waals surface area (Å²) in [6.07, 6.45) is 0.269. The molecule has 2 rings (SSSR count). The molecule has 17 heavy (non-hydrogen) atoms. The van der Waals surface area contributed by atoms with E-state index < -0.39 is 0 Å². The zero-order chi connectivity index (χ0) is 12.4. The van der Waals surface area contributed by atoms with Gasteiger partial charge in [0.2, 0.25) is 5.78 Å². The number of allylic oxidation sites excluding steroid dienone is 2. The summed E-state index contributed by atoms with van der Waals surface area (Å²) in [6, 6.07) is 7.63. The third kappa shape index (κ3) is 2.33. The molecule has 1 aliphatic rings. The minimum Gasteiger partial charge on any atom is -0.497 e. The number of ether oxygens (including phenoxy) is 2. The molecule has 1 aliphatic heterocycles. The zero-order valence-electron chi connectivity index (χ0n) is 10.3. The van der Waals surface area contributed by atoms with E-state index in [9.17, 15) is 4.79 Å². The SMILES string of the molecule is COc1ccc(C2CC(=O)C(=C(C)C)O2)cc1. The van der Waals surface area contributed by atoms with Gasteiger partial charge in [0.15, 0.2) is 5.76 Å². The van der Waals surface area contributed by atoms with Crippen molar-refractivity contribution in [3.8, 4) is 5.75 Å². The van der Waals surface area contributed by atoms with Gasteiger partial charge in [0.1, 0.15) is 11.9 Å². The van der Waals surface area contributed by atoms with E-state index in [-0.39, 0.29) is 11.9 Å². The number of hydrogen-bond donors (Lipinski definition) is 0. The van der Waals surface area contributed by atoms with Gasteiger partial charge in [-0.25, -0.2) is 0 Å². The Morgan fingerprint density at radius 2 is 1.94 bits per heavy atom. The highest BCUT2D eigenvalue weighted by Crippen LogP contribution is 2.34. The van der Waals surface area contributed by atoms with Crippen LogP contribution in [-0.2, 0) is 9.53 Å². The molecule has 0 bridgehead atoms. The summed E-state index contributed by atoms with van der Waals surface area (Å²) >= 11 is 0. The van der Waals surface area contributed by atoms with Gasteiger partial charge in [-0.1, -0.05) is 12.1 Å². The fourth-order valence-corrected chi connectivity index (χ4v) is 1.91. The van der Waals surface area contributed by atoms with Crippen LogP contribution in [-0.4, -0.2) is 12.9 Å². The van der Waals surface area contributed by atoms with E-state index >= 15 is 0 Å². The molecule has 1 aromatic carbocycles. The van der Waals surface area contributed by atoms with Crippen molar-refractivity contribution in [2.45, 2.75) is 26.4 Å². The van der Waals surface area contributed by atoms with E-state index in [2.05, 4.69) is 0 Å². The predicted molar refractivity (Wildman–Crippen MR) is 64.8 cm³/mol. The van der Waals surface area contributed by atoms with Crippen LogP contribution < -0.4 is 4.74 Å². The van der Waals surface area contributed by atoms with Crippen molar-refractivity contribution in [1.82, 2.24) is 0 Å². The van der Waals surface area contributed by atoms with Gasteiger partial charge in [-0.05, 0) is 37.1 Å². The highest BCUT2D eigenvalue weighted by Gasteiger charge is 2.30. The Morgan fingerprint density at radius 3 is 2.41 bits per heavy atom. The number of carbonyl (C=O) groups is 1. The number of carbonyl (C=O) groups excluding carboxylic acids is 1. The average molecular weight is 232 g/mol. The first-order chi connectivity index (χ1) is 8.11. The van der Waals surface area contributed by atoms with E-state index in [1.165, 1.54) is 0 Å². The lowest BCUT2D eigenvalue weighted by Crippen LogP contribution is -1.95. The summed E-state index contributed by atoms with van der Waals surface area (Å²) in [6.45, 7) is 3.78. The Kier molecular flexibility index (Phi) is 3.18. The molecular formula is C14H16O3. The topological polar surface area (TPSA) is 35.5 Å². The zero-order valence-corrected chi connectivity index (χ0v) is 10.3. The third-order valence-corrected chi connectivity index (χ3v) is 2.83. The van der Waals surface area contributed by atoms with Crippen LogP contribution in [0.15, 0.2) is 35.6 Å². The molecule has 1 heterocycles. The van der Waals surface area contributed by atoms with E-state index in [0.29, 0.717) is 12.2 Å². The lowest BCUT2D eigenvalue weighted by atomic mass is 10.1. The second-order valence-corrected chi connectivity index (χ2v) is 4.34. The fraction of sp³-hybridized carbons (Fsp3) is 0.357.